The summed E-state index contributed by atoms with van der Waals surface area (Å²) in [7, 11) is 0. The zero-order valence-electron chi connectivity index (χ0n) is 9.53. The van der Waals surface area contributed by atoms with Crippen molar-refractivity contribution in [1.82, 2.24) is 0 Å². The van der Waals surface area contributed by atoms with E-state index in [-0.39, 0.29) is 12.0 Å². The molecule has 2 heteroatoms. The van der Waals surface area contributed by atoms with Gasteiger partial charge in [-0.05, 0) is 43.9 Å². The van der Waals surface area contributed by atoms with Crippen LogP contribution >= 0.6 is 0 Å². The molecule has 3 rings (SSSR count). The molecule has 1 saturated carbocycles. The molecule has 1 aromatic rings. The van der Waals surface area contributed by atoms with E-state index in [1.165, 1.54) is 6.42 Å². The van der Waals surface area contributed by atoms with E-state index < -0.39 is 0 Å². The molecule has 0 aromatic heterocycles. The van der Waals surface area contributed by atoms with Crippen LogP contribution in [0.3, 0.4) is 0 Å². The molecule has 1 aliphatic heterocycles. The molecule has 84 valence electrons. The average Bonchev–Trinajstić information content (AvgIpc) is 2.29. The Hall–Kier alpha value is -1.31. The zero-order valence-corrected chi connectivity index (χ0v) is 9.53. The average molecular weight is 216 g/mol. The molecule has 1 heterocycles. The highest BCUT2D eigenvalue weighted by molar-refractivity contribution is 6.01. The standard InChI is InChI=1S/C14H16O2/c1-9-6-7-11-13(8-9)16-12-5-3-2-4-10(12)14(11)15/h6-8,10,12H,2-5H2,1H3. The Morgan fingerprint density at radius 3 is 2.94 bits per heavy atom. The van der Waals surface area contributed by atoms with Crippen molar-refractivity contribution in [3.8, 4) is 5.75 Å². The van der Waals surface area contributed by atoms with E-state index in [4.69, 9.17) is 4.74 Å². The summed E-state index contributed by atoms with van der Waals surface area (Å²) < 4.78 is 5.97. The summed E-state index contributed by atoms with van der Waals surface area (Å²) >= 11 is 0. The molecular formula is C14H16O2. The number of carbonyl (C=O) groups is 1. The van der Waals surface area contributed by atoms with Crippen LogP contribution in [0, 0.1) is 12.8 Å². The third-order valence-electron chi connectivity index (χ3n) is 3.72. The number of benzene rings is 1. The lowest BCUT2D eigenvalue weighted by molar-refractivity contribution is 0.0524. The van der Waals surface area contributed by atoms with Gasteiger partial charge < -0.3 is 4.74 Å². The SMILES string of the molecule is Cc1ccc2c(c1)OC1CCCCC1C2=O. The van der Waals surface area contributed by atoms with Gasteiger partial charge in [0.05, 0.1) is 11.5 Å². The highest BCUT2D eigenvalue weighted by Gasteiger charge is 2.38. The smallest absolute Gasteiger partial charge is 0.173 e. The van der Waals surface area contributed by atoms with E-state index in [9.17, 15) is 4.79 Å². The highest BCUT2D eigenvalue weighted by Crippen LogP contribution is 2.38. The molecule has 0 spiro atoms. The third kappa shape index (κ3) is 1.44. The minimum atomic E-state index is 0.115. The van der Waals surface area contributed by atoms with Gasteiger partial charge in [0, 0.05) is 0 Å². The van der Waals surface area contributed by atoms with Crippen molar-refractivity contribution in [2.45, 2.75) is 38.7 Å². The molecule has 0 bridgehead atoms. The molecule has 0 N–H and O–H groups in total. The number of aryl methyl sites for hydroxylation is 1. The fraction of sp³-hybridized carbons (Fsp3) is 0.500. The number of ether oxygens (including phenoxy) is 1. The van der Waals surface area contributed by atoms with Gasteiger partial charge in [0.15, 0.2) is 5.78 Å². The maximum Gasteiger partial charge on any atom is 0.173 e. The van der Waals surface area contributed by atoms with Gasteiger partial charge in [-0.15, -0.1) is 0 Å². The number of carbonyl (C=O) groups excluding carboxylic acids is 1. The molecule has 0 saturated heterocycles. The Balaban J connectivity index is 2.03. The summed E-state index contributed by atoms with van der Waals surface area (Å²) in [5.41, 5.74) is 1.94. The Morgan fingerprint density at radius 1 is 1.25 bits per heavy atom. The normalized spacial score (nSPS) is 27.9. The molecule has 0 amide bonds. The third-order valence-corrected chi connectivity index (χ3v) is 3.72. The lowest BCUT2D eigenvalue weighted by atomic mass is 9.79. The Kier molecular flexibility index (Phi) is 2.23. The minimum absolute atomic E-state index is 0.115. The van der Waals surface area contributed by atoms with Crippen LogP contribution in [0.25, 0.3) is 0 Å². The maximum absolute atomic E-state index is 12.3. The van der Waals surface area contributed by atoms with Crippen molar-refractivity contribution >= 4 is 5.78 Å². The van der Waals surface area contributed by atoms with Crippen LogP contribution in [0.2, 0.25) is 0 Å². The van der Waals surface area contributed by atoms with Crippen LogP contribution in [0.15, 0.2) is 18.2 Å². The van der Waals surface area contributed by atoms with E-state index in [1.807, 2.05) is 25.1 Å². The van der Waals surface area contributed by atoms with Crippen molar-refractivity contribution < 1.29 is 9.53 Å². The molecule has 2 atom stereocenters. The summed E-state index contributed by atoms with van der Waals surface area (Å²) in [6.07, 6.45) is 4.52. The van der Waals surface area contributed by atoms with Crippen molar-refractivity contribution in [2.75, 3.05) is 0 Å². The van der Waals surface area contributed by atoms with Crippen molar-refractivity contribution in [2.24, 2.45) is 5.92 Å². The minimum Gasteiger partial charge on any atom is -0.489 e. The number of fused-ring (bicyclic) bond motifs is 2. The van der Waals surface area contributed by atoms with E-state index in [0.717, 1.165) is 36.1 Å². The molecular weight excluding hydrogens is 200 g/mol. The number of hydrogen-bond acceptors (Lipinski definition) is 2. The molecule has 2 unspecified atom stereocenters. The summed E-state index contributed by atoms with van der Waals surface area (Å²) in [4.78, 5) is 12.3. The van der Waals surface area contributed by atoms with E-state index in [1.54, 1.807) is 0 Å². The second-order valence-corrected chi connectivity index (χ2v) is 4.91. The highest BCUT2D eigenvalue weighted by atomic mass is 16.5. The van der Waals surface area contributed by atoms with Gasteiger partial charge in [0.25, 0.3) is 0 Å². The molecule has 2 nitrogen and oxygen atoms in total. The van der Waals surface area contributed by atoms with Crippen LogP contribution < -0.4 is 4.74 Å². The second kappa shape index (κ2) is 3.62. The van der Waals surface area contributed by atoms with Gasteiger partial charge in [-0.1, -0.05) is 12.5 Å². The van der Waals surface area contributed by atoms with Gasteiger partial charge in [-0.25, -0.2) is 0 Å². The topological polar surface area (TPSA) is 26.3 Å². The number of ketones is 1. The van der Waals surface area contributed by atoms with Gasteiger partial charge >= 0.3 is 0 Å². The maximum atomic E-state index is 12.3. The van der Waals surface area contributed by atoms with Crippen molar-refractivity contribution in [3.05, 3.63) is 29.3 Å². The lowest BCUT2D eigenvalue weighted by Crippen LogP contribution is -2.39. The van der Waals surface area contributed by atoms with Gasteiger partial charge in [-0.3, -0.25) is 4.79 Å². The first-order chi connectivity index (χ1) is 7.75. The van der Waals surface area contributed by atoms with Crippen LogP contribution in [0.1, 0.15) is 41.6 Å². The van der Waals surface area contributed by atoms with Gasteiger partial charge in [0.1, 0.15) is 11.9 Å². The van der Waals surface area contributed by atoms with E-state index >= 15 is 0 Å². The van der Waals surface area contributed by atoms with Crippen molar-refractivity contribution in [3.63, 3.8) is 0 Å². The van der Waals surface area contributed by atoms with E-state index in [2.05, 4.69) is 0 Å². The molecule has 16 heavy (non-hydrogen) atoms. The Labute approximate surface area is 95.6 Å². The Morgan fingerprint density at radius 2 is 2.06 bits per heavy atom. The predicted molar refractivity (Wildman–Crippen MR) is 61.9 cm³/mol. The predicted octanol–water partition coefficient (Wildman–Crippen LogP) is 3.13. The first-order valence-corrected chi connectivity index (χ1v) is 6.07. The zero-order chi connectivity index (χ0) is 11.1. The largest absolute Gasteiger partial charge is 0.489 e. The first-order valence-electron chi connectivity index (χ1n) is 6.07. The molecule has 1 fully saturated rings. The van der Waals surface area contributed by atoms with Crippen LogP contribution in [0.5, 0.6) is 5.75 Å². The van der Waals surface area contributed by atoms with Crippen molar-refractivity contribution in [1.29, 1.82) is 0 Å². The van der Waals surface area contributed by atoms with Gasteiger partial charge in [-0.2, -0.15) is 0 Å². The fourth-order valence-electron chi connectivity index (χ4n) is 2.83. The number of rotatable bonds is 0. The fourth-order valence-corrected chi connectivity index (χ4v) is 2.83. The van der Waals surface area contributed by atoms with Crippen LogP contribution in [-0.2, 0) is 0 Å². The molecule has 1 aromatic carbocycles. The first kappa shape index (κ1) is 9.88. The van der Waals surface area contributed by atoms with E-state index in [0.29, 0.717) is 5.78 Å². The summed E-state index contributed by atoms with van der Waals surface area (Å²) in [6.45, 7) is 2.03. The van der Waals surface area contributed by atoms with Crippen LogP contribution in [-0.4, -0.2) is 11.9 Å². The lowest BCUT2D eigenvalue weighted by Gasteiger charge is -2.35. The molecule has 1 aliphatic carbocycles. The quantitative estimate of drug-likeness (QED) is 0.666. The summed E-state index contributed by atoms with van der Waals surface area (Å²) in [5.74, 6) is 1.21. The van der Waals surface area contributed by atoms with Gasteiger partial charge in [0.2, 0.25) is 0 Å². The molecule has 2 aliphatic rings. The summed E-state index contributed by atoms with van der Waals surface area (Å²) in [6, 6.07) is 5.89. The number of Topliss-reactive ketones (excluding diaryl/α,β-unsaturated/α-hetero) is 1. The molecule has 0 radical (unpaired) electrons. The van der Waals surface area contributed by atoms with Crippen LogP contribution in [0.4, 0.5) is 0 Å². The Bertz CT molecular complexity index is 436. The number of hydrogen-bond donors (Lipinski definition) is 0. The summed E-state index contributed by atoms with van der Waals surface area (Å²) in [5, 5.41) is 0. The second-order valence-electron chi connectivity index (χ2n) is 4.91. The monoisotopic (exact) mass is 216 g/mol.